The van der Waals surface area contributed by atoms with Crippen molar-refractivity contribution < 1.29 is 27.6 Å². The number of ether oxygens (including phenoxy) is 1. The highest BCUT2D eigenvalue weighted by molar-refractivity contribution is 7.85. The summed E-state index contributed by atoms with van der Waals surface area (Å²) in [6.07, 6.45) is -0.852. The first-order chi connectivity index (χ1) is 8.49. The highest BCUT2D eigenvalue weighted by atomic mass is 32.2. The number of anilines is 1. The molecule has 0 saturated carbocycles. The van der Waals surface area contributed by atoms with Crippen molar-refractivity contribution in [2.45, 2.75) is 31.3 Å². The van der Waals surface area contributed by atoms with Gasteiger partial charge < -0.3 is 9.84 Å². The fourth-order valence-corrected chi connectivity index (χ4v) is 1.70. The molecule has 1 amide bonds. The van der Waals surface area contributed by atoms with Crippen LogP contribution in [0.2, 0.25) is 0 Å². The van der Waals surface area contributed by atoms with Gasteiger partial charge in [0.05, 0.1) is 10.6 Å². The van der Waals surface area contributed by atoms with E-state index in [2.05, 4.69) is 5.32 Å². The van der Waals surface area contributed by atoms with Gasteiger partial charge in [-0.3, -0.25) is 9.87 Å². The second-order valence-electron chi connectivity index (χ2n) is 4.78. The van der Waals surface area contributed by atoms with E-state index in [1.807, 2.05) is 0 Å². The van der Waals surface area contributed by atoms with Crippen molar-refractivity contribution in [3.63, 3.8) is 0 Å². The molecule has 1 aromatic rings. The van der Waals surface area contributed by atoms with Gasteiger partial charge in [0.1, 0.15) is 11.4 Å². The third kappa shape index (κ3) is 4.76. The third-order valence-electron chi connectivity index (χ3n) is 1.90. The molecule has 0 spiro atoms. The molecule has 106 valence electrons. The van der Waals surface area contributed by atoms with Crippen LogP contribution in [0.25, 0.3) is 0 Å². The Balaban J connectivity index is 2.99. The van der Waals surface area contributed by atoms with E-state index >= 15 is 0 Å². The molecule has 19 heavy (non-hydrogen) atoms. The van der Waals surface area contributed by atoms with Crippen LogP contribution < -0.4 is 5.32 Å². The zero-order valence-corrected chi connectivity index (χ0v) is 11.5. The predicted octanol–water partition coefficient (Wildman–Crippen LogP) is 1.99. The van der Waals surface area contributed by atoms with Gasteiger partial charge in [-0.1, -0.05) is 0 Å². The van der Waals surface area contributed by atoms with Crippen LogP contribution in [-0.2, 0) is 14.9 Å². The first kappa shape index (κ1) is 15.3. The molecule has 7 nitrogen and oxygen atoms in total. The summed E-state index contributed by atoms with van der Waals surface area (Å²) in [5, 5.41) is 11.7. The maximum absolute atomic E-state index is 11.5. The zero-order chi connectivity index (χ0) is 14.8. The molecular formula is C11H15NO6S. The van der Waals surface area contributed by atoms with Crippen molar-refractivity contribution in [2.24, 2.45) is 0 Å². The highest BCUT2D eigenvalue weighted by Gasteiger charge is 2.18. The van der Waals surface area contributed by atoms with Crippen LogP contribution in [0.1, 0.15) is 20.8 Å². The molecule has 0 atom stereocenters. The number of carbonyl (C=O) groups is 1. The first-order valence-corrected chi connectivity index (χ1v) is 6.73. The lowest BCUT2D eigenvalue weighted by Crippen LogP contribution is -2.27. The monoisotopic (exact) mass is 289 g/mol. The molecular weight excluding hydrogens is 274 g/mol. The molecule has 0 aliphatic rings. The van der Waals surface area contributed by atoms with E-state index < -0.39 is 26.7 Å². The fraction of sp³-hybridized carbons (Fsp3) is 0.364. The highest BCUT2D eigenvalue weighted by Crippen LogP contribution is 2.26. The van der Waals surface area contributed by atoms with Crippen molar-refractivity contribution in [1.29, 1.82) is 0 Å². The normalized spacial score (nSPS) is 12.0. The molecule has 0 fully saturated rings. The number of nitrogens with one attached hydrogen (secondary N) is 1. The largest absolute Gasteiger partial charge is 0.506 e. The van der Waals surface area contributed by atoms with Crippen LogP contribution in [0.4, 0.5) is 10.5 Å². The van der Waals surface area contributed by atoms with Gasteiger partial charge in [0.2, 0.25) is 0 Å². The molecule has 3 N–H and O–H groups in total. The Hall–Kier alpha value is -1.80. The second kappa shape index (κ2) is 5.06. The predicted molar refractivity (Wildman–Crippen MR) is 67.8 cm³/mol. The molecule has 0 aliphatic heterocycles. The Morgan fingerprint density at radius 1 is 1.32 bits per heavy atom. The number of aromatic hydroxyl groups is 1. The van der Waals surface area contributed by atoms with Crippen LogP contribution >= 0.6 is 0 Å². The van der Waals surface area contributed by atoms with Crippen molar-refractivity contribution in [1.82, 2.24) is 0 Å². The molecule has 0 saturated heterocycles. The average Bonchev–Trinajstić information content (AvgIpc) is 2.16. The Labute approximate surface area is 111 Å². The molecule has 1 aromatic carbocycles. The summed E-state index contributed by atoms with van der Waals surface area (Å²) < 4.78 is 35.7. The Morgan fingerprint density at radius 2 is 1.89 bits per heavy atom. The minimum Gasteiger partial charge on any atom is -0.506 e. The summed E-state index contributed by atoms with van der Waals surface area (Å²) in [7, 11) is -4.42. The van der Waals surface area contributed by atoms with Crippen molar-refractivity contribution in [3.05, 3.63) is 18.2 Å². The van der Waals surface area contributed by atoms with Crippen molar-refractivity contribution in [3.8, 4) is 5.75 Å². The van der Waals surface area contributed by atoms with E-state index in [-0.39, 0.29) is 11.4 Å². The van der Waals surface area contributed by atoms with E-state index in [0.717, 1.165) is 18.2 Å². The van der Waals surface area contributed by atoms with Gasteiger partial charge >= 0.3 is 6.09 Å². The second-order valence-corrected chi connectivity index (χ2v) is 6.20. The van der Waals surface area contributed by atoms with Crippen LogP contribution in [0, 0.1) is 0 Å². The summed E-state index contributed by atoms with van der Waals surface area (Å²) in [5.41, 5.74) is -0.912. The third-order valence-corrected chi connectivity index (χ3v) is 2.75. The van der Waals surface area contributed by atoms with E-state index in [4.69, 9.17) is 9.29 Å². The SMILES string of the molecule is CC(C)(C)OC(=O)Nc1cc(S(=O)(=O)O)ccc1O. The number of carbonyl (C=O) groups excluding carboxylic acids is 1. The number of rotatable bonds is 2. The van der Waals surface area contributed by atoms with E-state index in [1.165, 1.54) is 0 Å². The first-order valence-electron chi connectivity index (χ1n) is 5.29. The zero-order valence-electron chi connectivity index (χ0n) is 10.7. The molecule has 0 aliphatic carbocycles. The van der Waals surface area contributed by atoms with E-state index in [0.29, 0.717) is 0 Å². The maximum atomic E-state index is 11.5. The van der Waals surface area contributed by atoms with Gasteiger partial charge in [0, 0.05) is 0 Å². The fourth-order valence-electron chi connectivity index (χ4n) is 1.19. The van der Waals surface area contributed by atoms with Crippen LogP contribution in [0.3, 0.4) is 0 Å². The van der Waals surface area contributed by atoms with Gasteiger partial charge in [0.15, 0.2) is 0 Å². The van der Waals surface area contributed by atoms with Gasteiger partial charge in [-0.15, -0.1) is 0 Å². The van der Waals surface area contributed by atoms with E-state index in [9.17, 15) is 18.3 Å². The number of phenols is 1. The summed E-state index contributed by atoms with van der Waals surface area (Å²) in [6.45, 7) is 4.96. The Morgan fingerprint density at radius 3 is 2.37 bits per heavy atom. The standard InChI is InChI=1S/C11H15NO6S/c1-11(2,3)18-10(14)12-8-6-7(19(15,16)17)4-5-9(8)13/h4-6,13H,1-3H3,(H,12,14)(H,15,16,17). The minimum absolute atomic E-state index is 0.177. The number of benzene rings is 1. The van der Waals surface area contributed by atoms with Gasteiger partial charge in [-0.2, -0.15) is 8.42 Å². The number of phenolic OH excluding ortho intramolecular Hbond substituents is 1. The van der Waals surface area contributed by atoms with Crippen LogP contribution in [0.15, 0.2) is 23.1 Å². The van der Waals surface area contributed by atoms with Gasteiger partial charge in [-0.25, -0.2) is 4.79 Å². The smallest absolute Gasteiger partial charge is 0.412 e. The van der Waals surface area contributed by atoms with Crippen molar-refractivity contribution in [2.75, 3.05) is 5.32 Å². The number of amides is 1. The number of hydrogen-bond donors (Lipinski definition) is 3. The summed E-state index contributed by atoms with van der Waals surface area (Å²) >= 11 is 0. The van der Waals surface area contributed by atoms with Crippen LogP contribution in [-0.4, -0.2) is 29.8 Å². The Kier molecular flexibility index (Phi) is 4.06. The average molecular weight is 289 g/mol. The maximum Gasteiger partial charge on any atom is 0.412 e. The Bertz CT molecular complexity index is 588. The van der Waals surface area contributed by atoms with E-state index in [1.54, 1.807) is 20.8 Å². The molecule has 0 heterocycles. The molecule has 0 aromatic heterocycles. The quantitative estimate of drug-likeness (QED) is 0.567. The molecule has 0 unspecified atom stereocenters. The lowest BCUT2D eigenvalue weighted by atomic mass is 10.2. The number of hydrogen-bond acceptors (Lipinski definition) is 5. The lowest BCUT2D eigenvalue weighted by Gasteiger charge is -2.20. The molecule has 0 bridgehead atoms. The topological polar surface area (TPSA) is 113 Å². The summed E-state index contributed by atoms with van der Waals surface area (Å²) in [5.74, 6) is -0.349. The lowest BCUT2D eigenvalue weighted by molar-refractivity contribution is 0.0635. The molecule has 8 heteroatoms. The summed E-state index contributed by atoms with van der Waals surface area (Å²) in [4.78, 5) is 11.0. The molecule has 0 radical (unpaired) electrons. The van der Waals surface area contributed by atoms with Crippen molar-refractivity contribution >= 4 is 21.9 Å². The molecule has 1 rings (SSSR count). The van der Waals surface area contributed by atoms with Crippen LogP contribution in [0.5, 0.6) is 5.75 Å². The summed E-state index contributed by atoms with van der Waals surface area (Å²) in [6, 6.07) is 2.97. The van der Waals surface area contributed by atoms with Gasteiger partial charge in [-0.05, 0) is 39.0 Å². The van der Waals surface area contributed by atoms with Gasteiger partial charge in [0.25, 0.3) is 10.1 Å². The minimum atomic E-state index is -4.42.